The van der Waals surface area contributed by atoms with Crippen molar-refractivity contribution in [1.29, 1.82) is 0 Å². The van der Waals surface area contributed by atoms with Gasteiger partial charge in [-0.25, -0.2) is 4.79 Å². The first-order chi connectivity index (χ1) is 13.6. The fourth-order valence-electron chi connectivity index (χ4n) is 2.83. The predicted molar refractivity (Wildman–Crippen MR) is 99.1 cm³/mol. The zero-order valence-corrected chi connectivity index (χ0v) is 14.8. The first-order valence-electron chi connectivity index (χ1n) is 8.75. The summed E-state index contributed by atoms with van der Waals surface area (Å²) in [7, 11) is 0. The van der Waals surface area contributed by atoms with Crippen LogP contribution in [0.25, 0.3) is 11.0 Å². The molecule has 7 nitrogen and oxygen atoms in total. The molecule has 0 saturated heterocycles. The molecule has 0 spiro atoms. The standard InChI is InChI=1S/C21H16O7/c22-15-11-20(28-17-5-2-1-4-14(15)17)21(24)27-12-16(23)13-6-7-18-19(10-13)26-9-3-8-25-18/h1-2,4-7,10-11H,3,8-9,12H2. The number of Topliss-reactive ketones (excluding diaryl/α,β-unsaturated/α-hetero) is 1. The number of hydrogen-bond donors (Lipinski definition) is 0. The predicted octanol–water partition coefficient (Wildman–Crippen LogP) is 2.99. The molecule has 0 saturated carbocycles. The summed E-state index contributed by atoms with van der Waals surface area (Å²) in [6.45, 7) is 0.560. The van der Waals surface area contributed by atoms with E-state index in [-0.39, 0.29) is 16.8 Å². The van der Waals surface area contributed by atoms with Gasteiger partial charge in [-0.05, 0) is 30.3 Å². The fourth-order valence-corrected chi connectivity index (χ4v) is 2.83. The molecule has 1 aliphatic rings. The van der Waals surface area contributed by atoms with Gasteiger partial charge in [-0.2, -0.15) is 0 Å². The molecular formula is C21H16O7. The maximum Gasteiger partial charge on any atom is 0.374 e. The molecule has 0 unspecified atom stereocenters. The Balaban J connectivity index is 1.47. The molecule has 7 heteroatoms. The maximum absolute atomic E-state index is 12.4. The third-order valence-electron chi connectivity index (χ3n) is 4.24. The van der Waals surface area contributed by atoms with Gasteiger partial charge < -0.3 is 18.6 Å². The smallest absolute Gasteiger partial charge is 0.374 e. The number of ether oxygens (including phenoxy) is 3. The van der Waals surface area contributed by atoms with Gasteiger partial charge in [0, 0.05) is 18.1 Å². The van der Waals surface area contributed by atoms with E-state index in [2.05, 4.69) is 0 Å². The lowest BCUT2D eigenvalue weighted by Gasteiger charge is -2.09. The molecule has 2 heterocycles. The monoisotopic (exact) mass is 380 g/mol. The summed E-state index contributed by atoms with van der Waals surface area (Å²) >= 11 is 0. The highest BCUT2D eigenvalue weighted by atomic mass is 16.5. The van der Waals surface area contributed by atoms with E-state index in [0.29, 0.717) is 35.7 Å². The van der Waals surface area contributed by atoms with Crippen molar-refractivity contribution >= 4 is 22.7 Å². The van der Waals surface area contributed by atoms with Crippen LogP contribution in [0, 0.1) is 0 Å². The number of para-hydroxylation sites is 1. The number of rotatable bonds is 4. The topological polar surface area (TPSA) is 92.0 Å². The molecule has 0 aliphatic carbocycles. The van der Waals surface area contributed by atoms with Gasteiger partial charge in [0.25, 0.3) is 0 Å². The Morgan fingerprint density at radius 2 is 1.75 bits per heavy atom. The second kappa shape index (κ2) is 7.56. The van der Waals surface area contributed by atoms with Crippen LogP contribution < -0.4 is 14.9 Å². The van der Waals surface area contributed by atoms with E-state index in [1.807, 2.05) is 0 Å². The normalized spacial score (nSPS) is 13.0. The number of fused-ring (bicyclic) bond motifs is 2. The number of benzene rings is 2. The summed E-state index contributed by atoms with van der Waals surface area (Å²) in [5.74, 6) is -0.493. The molecule has 0 bridgehead atoms. The number of ketones is 1. The van der Waals surface area contributed by atoms with Gasteiger partial charge in [-0.1, -0.05) is 12.1 Å². The first-order valence-corrected chi connectivity index (χ1v) is 8.75. The van der Waals surface area contributed by atoms with E-state index < -0.39 is 18.4 Å². The molecule has 0 fully saturated rings. The molecule has 142 valence electrons. The molecule has 1 aromatic heterocycles. The number of carbonyl (C=O) groups is 2. The highest BCUT2D eigenvalue weighted by Gasteiger charge is 2.18. The Labute approximate surface area is 159 Å². The number of hydrogen-bond acceptors (Lipinski definition) is 7. The van der Waals surface area contributed by atoms with Crippen molar-refractivity contribution in [2.24, 2.45) is 0 Å². The van der Waals surface area contributed by atoms with Crippen molar-refractivity contribution in [2.75, 3.05) is 19.8 Å². The molecule has 3 aromatic rings. The molecule has 0 N–H and O–H groups in total. The van der Waals surface area contributed by atoms with Gasteiger partial charge in [0.15, 0.2) is 29.3 Å². The molecule has 4 rings (SSSR count). The maximum atomic E-state index is 12.4. The number of carbonyl (C=O) groups excluding carboxylic acids is 2. The minimum absolute atomic E-state index is 0.254. The van der Waals surface area contributed by atoms with Crippen LogP contribution in [0.3, 0.4) is 0 Å². The van der Waals surface area contributed by atoms with Crippen LogP contribution in [0.15, 0.2) is 57.7 Å². The Kier molecular flexibility index (Phi) is 4.80. The van der Waals surface area contributed by atoms with E-state index in [1.165, 1.54) is 0 Å². The zero-order chi connectivity index (χ0) is 19.5. The SMILES string of the molecule is O=C(COC(=O)c1cc(=O)c2ccccc2o1)c1ccc2c(c1)OCCCO2. The summed E-state index contributed by atoms with van der Waals surface area (Å²) in [5.41, 5.74) is 0.246. The van der Waals surface area contributed by atoms with Gasteiger partial charge >= 0.3 is 5.97 Å². The Morgan fingerprint density at radius 3 is 2.61 bits per heavy atom. The second-order valence-electron chi connectivity index (χ2n) is 6.18. The summed E-state index contributed by atoms with van der Waals surface area (Å²) < 4.78 is 21.5. The average molecular weight is 380 g/mol. The van der Waals surface area contributed by atoms with Crippen molar-refractivity contribution in [2.45, 2.75) is 6.42 Å². The lowest BCUT2D eigenvalue weighted by molar-refractivity contribution is 0.0444. The largest absolute Gasteiger partial charge is 0.490 e. The van der Waals surface area contributed by atoms with Gasteiger partial charge in [0.05, 0.1) is 18.6 Å². The Bertz CT molecular complexity index is 1110. The van der Waals surface area contributed by atoms with Gasteiger partial charge in [0.2, 0.25) is 5.76 Å². The van der Waals surface area contributed by atoms with E-state index >= 15 is 0 Å². The fraction of sp³-hybridized carbons (Fsp3) is 0.190. The van der Waals surface area contributed by atoms with Gasteiger partial charge in [-0.3, -0.25) is 9.59 Å². The highest BCUT2D eigenvalue weighted by molar-refractivity contribution is 5.99. The van der Waals surface area contributed by atoms with Gasteiger partial charge in [-0.15, -0.1) is 0 Å². The zero-order valence-electron chi connectivity index (χ0n) is 14.8. The van der Waals surface area contributed by atoms with Crippen molar-refractivity contribution in [3.63, 3.8) is 0 Å². The molecule has 0 radical (unpaired) electrons. The third-order valence-corrected chi connectivity index (χ3v) is 4.24. The molecule has 2 aromatic carbocycles. The third kappa shape index (κ3) is 3.59. The van der Waals surface area contributed by atoms with E-state index in [4.69, 9.17) is 18.6 Å². The highest BCUT2D eigenvalue weighted by Crippen LogP contribution is 2.30. The summed E-state index contributed by atoms with van der Waals surface area (Å²) in [4.78, 5) is 36.6. The van der Waals surface area contributed by atoms with E-state index in [1.54, 1.807) is 42.5 Å². The minimum atomic E-state index is -0.884. The Morgan fingerprint density at radius 1 is 0.964 bits per heavy atom. The Hall–Kier alpha value is -3.61. The van der Waals surface area contributed by atoms with Crippen molar-refractivity contribution in [3.05, 3.63) is 70.1 Å². The first kappa shape index (κ1) is 17.8. The van der Waals surface area contributed by atoms with Crippen LogP contribution in [-0.4, -0.2) is 31.6 Å². The van der Waals surface area contributed by atoms with E-state index in [0.717, 1.165) is 12.5 Å². The van der Waals surface area contributed by atoms with Crippen LogP contribution >= 0.6 is 0 Å². The molecule has 1 aliphatic heterocycles. The summed E-state index contributed by atoms with van der Waals surface area (Å²) in [5, 5.41) is 0.363. The molecule has 28 heavy (non-hydrogen) atoms. The van der Waals surface area contributed by atoms with Crippen LogP contribution in [0.5, 0.6) is 11.5 Å². The summed E-state index contributed by atoms with van der Waals surface area (Å²) in [6.07, 6.45) is 0.756. The van der Waals surface area contributed by atoms with E-state index in [9.17, 15) is 14.4 Å². The molecule has 0 atom stereocenters. The lowest BCUT2D eigenvalue weighted by atomic mass is 10.1. The van der Waals surface area contributed by atoms with Crippen LogP contribution in [0.4, 0.5) is 0 Å². The van der Waals surface area contributed by atoms with Crippen molar-refractivity contribution < 1.29 is 28.2 Å². The van der Waals surface area contributed by atoms with Gasteiger partial charge in [0.1, 0.15) is 5.58 Å². The lowest BCUT2D eigenvalue weighted by Crippen LogP contribution is -2.16. The van der Waals surface area contributed by atoms with Crippen molar-refractivity contribution in [3.8, 4) is 11.5 Å². The van der Waals surface area contributed by atoms with Crippen molar-refractivity contribution in [1.82, 2.24) is 0 Å². The second-order valence-corrected chi connectivity index (χ2v) is 6.18. The average Bonchev–Trinajstić information content (AvgIpc) is 2.96. The van der Waals surface area contributed by atoms with Crippen LogP contribution in [0.1, 0.15) is 27.3 Å². The molecule has 0 amide bonds. The van der Waals surface area contributed by atoms with Crippen LogP contribution in [0.2, 0.25) is 0 Å². The van der Waals surface area contributed by atoms with Crippen LogP contribution in [-0.2, 0) is 4.74 Å². The molecular weight excluding hydrogens is 364 g/mol. The summed E-state index contributed by atoms with van der Waals surface area (Å²) in [6, 6.07) is 12.4. The number of esters is 1. The quantitative estimate of drug-likeness (QED) is 0.507. The minimum Gasteiger partial charge on any atom is -0.490 e.